The lowest BCUT2D eigenvalue weighted by Crippen LogP contribution is -2.31. The first kappa shape index (κ1) is 15.4. The summed E-state index contributed by atoms with van der Waals surface area (Å²) in [4.78, 5) is 0. The lowest BCUT2D eigenvalue weighted by molar-refractivity contribution is -0.138. The maximum absolute atomic E-state index is 13.2. The summed E-state index contributed by atoms with van der Waals surface area (Å²) in [5, 5.41) is 3.28. The summed E-state index contributed by atoms with van der Waals surface area (Å²) in [6.07, 6.45) is 1.21. The zero-order chi connectivity index (χ0) is 14.6. The van der Waals surface area contributed by atoms with E-state index in [9.17, 15) is 13.2 Å². The number of alkyl halides is 3. The molecule has 2 rings (SSSR count). The van der Waals surface area contributed by atoms with Crippen molar-refractivity contribution >= 4 is 0 Å². The minimum absolute atomic E-state index is 0.182. The Bertz CT molecular complexity index is 422. The Hall–Kier alpha value is -1.03. The van der Waals surface area contributed by atoms with Gasteiger partial charge in [-0.3, -0.25) is 0 Å². The van der Waals surface area contributed by atoms with Crippen LogP contribution < -0.4 is 5.32 Å². The van der Waals surface area contributed by atoms with Gasteiger partial charge in [0.2, 0.25) is 0 Å². The molecule has 0 amide bonds. The van der Waals surface area contributed by atoms with Crippen molar-refractivity contribution < 1.29 is 13.2 Å². The molecule has 0 saturated heterocycles. The topological polar surface area (TPSA) is 12.0 Å². The Kier molecular flexibility index (Phi) is 5.08. The van der Waals surface area contributed by atoms with Gasteiger partial charge in [0.1, 0.15) is 0 Å². The second-order valence-corrected chi connectivity index (χ2v) is 5.52. The molecule has 1 aliphatic carbocycles. The third kappa shape index (κ3) is 3.54. The second-order valence-electron chi connectivity index (χ2n) is 5.52. The summed E-state index contributed by atoms with van der Waals surface area (Å²) in [5.74, 6) is 0.312. The summed E-state index contributed by atoms with van der Waals surface area (Å²) in [5.41, 5.74) is -0.0785. The van der Waals surface area contributed by atoms with Crippen LogP contribution in [0.5, 0.6) is 0 Å². The van der Waals surface area contributed by atoms with Gasteiger partial charge in [0, 0.05) is 6.04 Å². The molecule has 1 N–H and O–H groups in total. The van der Waals surface area contributed by atoms with Crippen LogP contribution in [0.2, 0.25) is 0 Å². The first-order valence-corrected chi connectivity index (χ1v) is 7.43. The molecule has 1 unspecified atom stereocenters. The normalized spacial score (nSPS) is 19.0. The molecule has 1 fully saturated rings. The smallest absolute Gasteiger partial charge is 0.310 e. The standard InChI is InChI=1S/C16H22F3N/c1-2-20-15(12-8-4-3-5-9-12)13-10-6-7-11-14(13)16(17,18)19/h6-7,10-12,15,20H,2-5,8-9H2,1H3. The summed E-state index contributed by atoms with van der Waals surface area (Å²) >= 11 is 0. The van der Waals surface area contributed by atoms with Gasteiger partial charge in [0.05, 0.1) is 5.56 Å². The lowest BCUT2D eigenvalue weighted by atomic mass is 9.80. The first-order chi connectivity index (χ1) is 9.54. The maximum atomic E-state index is 13.2. The summed E-state index contributed by atoms with van der Waals surface area (Å²) in [6.45, 7) is 2.64. The van der Waals surface area contributed by atoms with E-state index in [1.807, 2.05) is 6.92 Å². The fourth-order valence-corrected chi connectivity index (χ4v) is 3.24. The van der Waals surface area contributed by atoms with Gasteiger partial charge in [-0.05, 0) is 36.9 Å². The van der Waals surface area contributed by atoms with Crippen molar-refractivity contribution in [2.75, 3.05) is 6.54 Å². The third-order valence-corrected chi connectivity index (χ3v) is 4.15. The van der Waals surface area contributed by atoms with Crippen molar-refractivity contribution in [1.29, 1.82) is 0 Å². The quantitative estimate of drug-likeness (QED) is 0.826. The number of hydrogen-bond donors (Lipinski definition) is 1. The van der Waals surface area contributed by atoms with Gasteiger partial charge in [-0.25, -0.2) is 0 Å². The molecular formula is C16H22F3N. The zero-order valence-electron chi connectivity index (χ0n) is 11.8. The molecule has 20 heavy (non-hydrogen) atoms. The number of benzene rings is 1. The average Bonchev–Trinajstić information content (AvgIpc) is 2.45. The molecule has 4 heteroatoms. The largest absolute Gasteiger partial charge is 0.416 e. The van der Waals surface area contributed by atoms with Crippen molar-refractivity contribution in [3.8, 4) is 0 Å². The van der Waals surface area contributed by atoms with Gasteiger partial charge >= 0.3 is 6.18 Å². The van der Waals surface area contributed by atoms with Crippen LogP contribution in [0.3, 0.4) is 0 Å². The summed E-state index contributed by atoms with van der Waals surface area (Å²) in [6, 6.07) is 5.82. The molecule has 0 aliphatic heterocycles. The molecule has 1 saturated carbocycles. The molecule has 1 aromatic carbocycles. The molecule has 0 heterocycles. The number of nitrogens with one attached hydrogen (secondary N) is 1. The Morgan fingerprint density at radius 3 is 2.40 bits per heavy atom. The molecular weight excluding hydrogens is 263 g/mol. The highest BCUT2D eigenvalue weighted by molar-refractivity contribution is 5.33. The summed E-state index contributed by atoms with van der Waals surface area (Å²) < 4.78 is 39.6. The van der Waals surface area contributed by atoms with Gasteiger partial charge in [0.25, 0.3) is 0 Å². The van der Waals surface area contributed by atoms with Crippen LogP contribution in [0.25, 0.3) is 0 Å². The predicted molar refractivity (Wildman–Crippen MR) is 74.4 cm³/mol. The van der Waals surface area contributed by atoms with Crippen molar-refractivity contribution in [2.24, 2.45) is 5.92 Å². The third-order valence-electron chi connectivity index (χ3n) is 4.15. The molecule has 1 aliphatic rings. The molecule has 1 atom stereocenters. The SMILES string of the molecule is CCNC(c1ccccc1C(F)(F)F)C1CCCCC1. The van der Waals surface area contributed by atoms with E-state index < -0.39 is 11.7 Å². The van der Waals surface area contributed by atoms with Gasteiger partial charge in [-0.1, -0.05) is 44.4 Å². The van der Waals surface area contributed by atoms with E-state index in [2.05, 4.69) is 5.32 Å². The Balaban J connectivity index is 2.33. The minimum Gasteiger partial charge on any atom is -0.310 e. The average molecular weight is 285 g/mol. The number of halogens is 3. The van der Waals surface area contributed by atoms with Gasteiger partial charge < -0.3 is 5.32 Å². The highest BCUT2D eigenvalue weighted by atomic mass is 19.4. The Labute approximate surface area is 118 Å². The van der Waals surface area contributed by atoms with Crippen molar-refractivity contribution in [3.05, 3.63) is 35.4 Å². The first-order valence-electron chi connectivity index (χ1n) is 7.43. The van der Waals surface area contributed by atoms with Crippen molar-refractivity contribution in [1.82, 2.24) is 5.32 Å². The van der Waals surface area contributed by atoms with Crippen LogP contribution in [0.1, 0.15) is 56.2 Å². The van der Waals surface area contributed by atoms with Crippen molar-refractivity contribution in [3.63, 3.8) is 0 Å². The fourth-order valence-electron chi connectivity index (χ4n) is 3.24. The maximum Gasteiger partial charge on any atom is 0.416 e. The molecule has 0 aromatic heterocycles. The Morgan fingerprint density at radius 1 is 1.15 bits per heavy atom. The second kappa shape index (κ2) is 6.61. The predicted octanol–water partition coefficient (Wildman–Crippen LogP) is 4.94. The molecule has 1 nitrogen and oxygen atoms in total. The number of rotatable bonds is 4. The molecule has 0 bridgehead atoms. The van der Waals surface area contributed by atoms with E-state index in [4.69, 9.17) is 0 Å². The monoisotopic (exact) mass is 285 g/mol. The minimum atomic E-state index is -4.28. The van der Waals surface area contributed by atoms with Gasteiger partial charge in [-0.2, -0.15) is 13.2 Å². The molecule has 112 valence electrons. The zero-order valence-corrected chi connectivity index (χ0v) is 11.8. The van der Waals surface area contributed by atoms with Gasteiger partial charge in [-0.15, -0.1) is 0 Å². The van der Waals surface area contributed by atoms with Crippen LogP contribution in [-0.2, 0) is 6.18 Å². The van der Waals surface area contributed by atoms with E-state index in [1.54, 1.807) is 12.1 Å². The molecule has 1 aromatic rings. The van der Waals surface area contributed by atoms with E-state index in [0.717, 1.165) is 25.7 Å². The summed E-state index contributed by atoms with van der Waals surface area (Å²) in [7, 11) is 0. The van der Waals surface area contributed by atoms with Crippen molar-refractivity contribution in [2.45, 2.75) is 51.2 Å². The lowest BCUT2D eigenvalue weighted by Gasteiger charge is -2.32. The van der Waals surface area contributed by atoms with Gasteiger partial charge in [0.15, 0.2) is 0 Å². The number of hydrogen-bond acceptors (Lipinski definition) is 1. The fraction of sp³-hybridized carbons (Fsp3) is 0.625. The molecule has 0 spiro atoms. The van der Waals surface area contributed by atoms with E-state index in [1.165, 1.54) is 18.6 Å². The highest BCUT2D eigenvalue weighted by Crippen LogP contribution is 2.40. The van der Waals surface area contributed by atoms with Crippen LogP contribution >= 0.6 is 0 Å². The Morgan fingerprint density at radius 2 is 1.80 bits per heavy atom. The van der Waals surface area contributed by atoms with E-state index in [0.29, 0.717) is 18.0 Å². The molecule has 0 radical (unpaired) electrons. The highest BCUT2D eigenvalue weighted by Gasteiger charge is 2.36. The van der Waals surface area contributed by atoms with Crippen LogP contribution in [0, 0.1) is 5.92 Å². The van der Waals surface area contributed by atoms with Crippen LogP contribution in [0.4, 0.5) is 13.2 Å². The van der Waals surface area contributed by atoms with Crippen LogP contribution in [0.15, 0.2) is 24.3 Å². The van der Waals surface area contributed by atoms with E-state index >= 15 is 0 Å². The van der Waals surface area contributed by atoms with E-state index in [-0.39, 0.29) is 6.04 Å². The van der Waals surface area contributed by atoms with Crippen LogP contribution in [-0.4, -0.2) is 6.54 Å².